The van der Waals surface area contributed by atoms with Gasteiger partial charge in [0.15, 0.2) is 5.78 Å². The van der Waals surface area contributed by atoms with Crippen LogP contribution >= 0.6 is 39.1 Å². The fraction of sp³-hybridized carbons (Fsp3) is 0.125. The Morgan fingerprint density at radius 2 is 2.15 bits per heavy atom. The van der Waals surface area contributed by atoms with Crippen molar-refractivity contribution in [1.82, 2.24) is 0 Å². The third-order valence-corrected chi connectivity index (χ3v) is 3.05. The second-order valence-electron chi connectivity index (χ2n) is 2.35. The highest BCUT2D eigenvalue weighted by Crippen LogP contribution is 2.32. The number of hydrogen-bond donors (Lipinski definition) is 1. The number of phenolic OH excluding ortho intramolecular Hbond substituents is 1. The largest absolute Gasteiger partial charge is 0.507 e. The van der Waals surface area contributed by atoms with E-state index in [1.165, 1.54) is 12.1 Å². The van der Waals surface area contributed by atoms with E-state index in [-0.39, 0.29) is 22.4 Å². The number of alkyl halides is 1. The molecule has 0 aromatic heterocycles. The van der Waals surface area contributed by atoms with Crippen molar-refractivity contribution in [2.45, 2.75) is 0 Å². The quantitative estimate of drug-likeness (QED) is 0.668. The molecule has 0 aliphatic heterocycles. The third-order valence-electron chi connectivity index (χ3n) is 1.45. The van der Waals surface area contributed by atoms with Crippen molar-refractivity contribution in [3.8, 4) is 5.75 Å². The Labute approximate surface area is 93.6 Å². The minimum Gasteiger partial charge on any atom is -0.507 e. The summed E-state index contributed by atoms with van der Waals surface area (Å²) in [6, 6.07) is 2.77. The molecule has 5 heteroatoms. The first kappa shape index (κ1) is 10.8. The van der Waals surface area contributed by atoms with E-state index >= 15 is 0 Å². The van der Waals surface area contributed by atoms with Crippen LogP contribution in [-0.4, -0.2) is 16.8 Å². The number of hydrogen-bond acceptors (Lipinski definition) is 2. The molecule has 0 aliphatic carbocycles. The van der Waals surface area contributed by atoms with E-state index < -0.39 is 0 Å². The molecule has 0 spiro atoms. The van der Waals surface area contributed by atoms with Crippen LogP contribution in [0.4, 0.5) is 0 Å². The SMILES string of the molecule is O=C(CCl)c1cc(O)c(Br)c(Cl)c1. The van der Waals surface area contributed by atoms with Crippen LogP contribution in [0.15, 0.2) is 16.6 Å². The first-order valence-corrected chi connectivity index (χ1v) is 5.04. The van der Waals surface area contributed by atoms with Gasteiger partial charge in [-0.2, -0.15) is 0 Å². The van der Waals surface area contributed by atoms with E-state index in [1.807, 2.05) is 0 Å². The normalized spacial score (nSPS) is 10.1. The molecular weight excluding hydrogens is 279 g/mol. The number of halogens is 3. The molecule has 1 N–H and O–H groups in total. The van der Waals surface area contributed by atoms with Crippen LogP contribution in [0.1, 0.15) is 10.4 Å². The van der Waals surface area contributed by atoms with Crippen molar-refractivity contribution in [3.05, 3.63) is 27.2 Å². The summed E-state index contributed by atoms with van der Waals surface area (Å²) in [5.41, 5.74) is 0.306. The Balaban J connectivity index is 3.20. The van der Waals surface area contributed by atoms with Gasteiger partial charge in [-0.15, -0.1) is 11.6 Å². The average Bonchev–Trinajstić information content (AvgIpc) is 2.12. The zero-order chi connectivity index (χ0) is 10.0. The van der Waals surface area contributed by atoms with Crippen molar-refractivity contribution >= 4 is 44.9 Å². The number of carbonyl (C=O) groups excluding carboxylic acids is 1. The van der Waals surface area contributed by atoms with Crippen molar-refractivity contribution in [2.24, 2.45) is 0 Å². The average molecular weight is 284 g/mol. The van der Waals surface area contributed by atoms with Gasteiger partial charge in [0.05, 0.1) is 15.4 Å². The Kier molecular flexibility index (Phi) is 3.59. The number of ketones is 1. The lowest BCUT2D eigenvalue weighted by Gasteiger charge is -2.02. The predicted octanol–water partition coefficient (Wildman–Crippen LogP) is 3.23. The van der Waals surface area contributed by atoms with Gasteiger partial charge >= 0.3 is 0 Å². The Morgan fingerprint density at radius 3 is 2.62 bits per heavy atom. The van der Waals surface area contributed by atoms with Gasteiger partial charge in [-0.05, 0) is 28.1 Å². The number of Topliss-reactive ketones (excluding diaryl/α,β-unsaturated/α-hetero) is 1. The molecule has 0 aliphatic rings. The van der Waals surface area contributed by atoms with E-state index in [0.717, 1.165) is 0 Å². The summed E-state index contributed by atoms with van der Waals surface area (Å²) in [4.78, 5) is 11.1. The van der Waals surface area contributed by atoms with Gasteiger partial charge in [0.1, 0.15) is 5.75 Å². The summed E-state index contributed by atoms with van der Waals surface area (Å²) < 4.78 is 0.375. The minimum atomic E-state index is -0.272. The first-order chi connectivity index (χ1) is 6.06. The minimum absolute atomic E-state index is 0.0685. The van der Waals surface area contributed by atoms with E-state index in [4.69, 9.17) is 23.2 Å². The Hall–Kier alpha value is -0.250. The summed E-state index contributed by atoms with van der Waals surface area (Å²) in [6.07, 6.45) is 0. The molecule has 1 aromatic carbocycles. The van der Waals surface area contributed by atoms with Crippen LogP contribution in [0.5, 0.6) is 5.75 Å². The highest BCUT2D eigenvalue weighted by molar-refractivity contribution is 9.10. The van der Waals surface area contributed by atoms with Crippen LogP contribution in [0, 0.1) is 0 Å². The number of rotatable bonds is 2. The maximum Gasteiger partial charge on any atom is 0.177 e. The molecule has 0 heterocycles. The van der Waals surface area contributed by atoms with E-state index in [0.29, 0.717) is 10.0 Å². The fourth-order valence-electron chi connectivity index (χ4n) is 0.813. The molecule has 2 nitrogen and oxygen atoms in total. The lowest BCUT2D eigenvalue weighted by atomic mass is 10.1. The molecule has 0 bridgehead atoms. The molecule has 13 heavy (non-hydrogen) atoms. The molecule has 0 radical (unpaired) electrons. The topological polar surface area (TPSA) is 37.3 Å². The summed E-state index contributed by atoms with van der Waals surface area (Å²) >= 11 is 14.1. The van der Waals surface area contributed by atoms with Crippen LogP contribution in [0.25, 0.3) is 0 Å². The van der Waals surface area contributed by atoms with Gasteiger partial charge < -0.3 is 5.11 Å². The van der Waals surface area contributed by atoms with Gasteiger partial charge in [0, 0.05) is 5.56 Å². The molecule has 0 amide bonds. The van der Waals surface area contributed by atoms with Crippen LogP contribution in [0.3, 0.4) is 0 Å². The molecule has 0 saturated heterocycles. The lowest BCUT2D eigenvalue weighted by Crippen LogP contribution is -1.99. The monoisotopic (exact) mass is 282 g/mol. The number of carbonyl (C=O) groups is 1. The predicted molar refractivity (Wildman–Crippen MR) is 55.9 cm³/mol. The zero-order valence-electron chi connectivity index (χ0n) is 6.35. The van der Waals surface area contributed by atoms with Crippen molar-refractivity contribution in [1.29, 1.82) is 0 Å². The fourth-order valence-corrected chi connectivity index (χ4v) is 1.41. The standard InChI is InChI=1S/C8H5BrCl2O2/c9-8-5(11)1-4(2-6(8)12)7(13)3-10/h1-2,12H,3H2. The van der Waals surface area contributed by atoms with Crippen LogP contribution in [0.2, 0.25) is 5.02 Å². The highest BCUT2D eigenvalue weighted by Gasteiger charge is 2.10. The molecule has 1 aromatic rings. The maximum absolute atomic E-state index is 11.1. The summed E-state index contributed by atoms with van der Waals surface area (Å²) in [6.45, 7) is 0. The van der Waals surface area contributed by atoms with E-state index in [1.54, 1.807) is 0 Å². The second-order valence-corrected chi connectivity index (χ2v) is 3.82. The van der Waals surface area contributed by atoms with E-state index in [2.05, 4.69) is 15.9 Å². The van der Waals surface area contributed by atoms with Gasteiger partial charge in [0.2, 0.25) is 0 Å². The molecule has 0 unspecified atom stereocenters. The molecule has 0 fully saturated rings. The van der Waals surface area contributed by atoms with Gasteiger partial charge in [-0.25, -0.2) is 0 Å². The highest BCUT2D eigenvalue weighted by atomic mass is 79.9. The lowest BCUT2D eigenvalue weighted by molar-refractivity contribution is 0.102. The molecular formula is C8H5BrCl2O2. The summed E-state index contributed by atoms with van der Waals surface area (Å²) in [5, 5.41) is 9.58. The summed E-state index contributed by atoms with van der Waals surface area (Å²) in [5.74, 6) is -0.468. The second kappa shape index (κ2) is 4.31. The molecule has 70 valence electrons. The first-order valence-electron chi connectivity index (χ1n) is 3.33. The molecule has 1 rings (SSSR count). The summed E-state index contributed by atoms with van der Waals surface area (Å²) in [7, 11) is 0. The third kappa shape index (κ3) is 2.36. The number of aromatic hydroxyl groups is 1. The smallest absolute Gasteiger partial charge is 0.177 e. The van der Waals surface area contributed by atoms with Crippen molar-refractivity contribution in [2.75, 3.05) is 5.88 Å². The van der Waals surface area contributed by atoms with Crippen molar-refractivity contribution in [3.63, 3.8) is 0 Å². The van der Waals surface area contributed by atoms with Gasteiger partial charge in [0.25, 0.3) is 0 Å². The van der Waals surface area contributed by atoms with Crippen LogP contribution in [-0.2, 0) is 0 Å². The maximum atomic E-state index is 11.1. The van der Waals surface area contributed by atoms with Crippen LogP contribution < -0.4 is 0 Å². The van der Waals surface area contributed by atoms with E-state index in [9.17, 15) is 9.90 Å². The number of phenols is 1. The molecule has 0 saturated carbocycles. The van der Waals surface area contributed by atoms with Gasteiger partial charge in [-0.3, -0.25) is 4.79 Å². The Bertz CT molecular complexity index is 329. The van der Waals surface area contributed by atoms with Crippen molar-refractivity contribution < 1.29 is 9.90 Å². The van der Waals surface area contributed by atoms with Gasteiger partial charge in [-0.1, -0.05) is 11.6 Å². The molecule has 0 atom stereocenters. The Morgan fingerprint density at radius 1 is 1.54 bits per heavy atom. The number of benzene rings is 1. The zero-order valence-corrected chi connectivity index (χ0v) is 9.45.